The summed E-state index contributed by atoms with van der Waals surface area (Å²) < 4.78 is 36.3. The Morgan fingerprint density at radius 3 is 2.78 bits per heavy atom. The molecular weight excluding hydrogens is 245 g/mol. The fraction of sp³-hybridized carbons (Fsp3) is 0.417. The second-order valence-corrected chi connectivity index (χ2v) is 4.36. The van der Waals surface area contributed by atoms with Gasteiger partial charge in [-0.25, -0.2) is 0 Å². The zero-order valence-electron chi connectivity index (χ0n) is 9.55. The number of rotatable bonds is 1. The summed E-state index contributed by atoms with van der Waals surface area (Å²) >= 11 is 0. The summed E-state index contributed by atoms with van der Waals surface area (Å²) in [6.45, 7) is 0. The van der Waals surface area contributed by atoms with E-state index in [0.717, 1.165) is 30.4 Å². The highest BCUT2D eigenvalue weighted by Gasteiger charge is 2.38. The molecule has 0 saturated heterocycles. The van der Waals surface area contributed by atoms with Crippen LogP contribution in [0.25, 0.3) is 0 Å². The minimum Gasteiger partial charge on any atom is -0.324 e. The molecule has 1 aromatic rings. The fourth-order valence-corrected chi connectivity index (χ4v) is 2.12. The molecule has 3 N–H and O–H groups in total. The third kappa shape index (κ3) is 2.64. The van der Waals surface area contributed by atoms with Gasteiger partial charge in [0.05, 0.1) is 0 Å². The Hall–Kier alpha value is -1.56. The van der Waals surface area contributed by atoms with Crippen LogP contribution in [0, 0.1) is 0 Å². The molecule has 1 atom stereocenters. The van der Waals surface area contributed by atoms with E-state index >= 15 is 0 Å². The molecule has 0 fully saturated rings. The molecule has 1 unspecified atom stereocenters. The molecular formula is C12H13F3N2O. The van der Waals surface area contributed by atoms with Gasteiger partial charge in [-0.05, 0) is 42.5 Å². The lowest BCUT2D eigenvalue weighted by Gasteiger charge is -2.23. The van der Waals surface area contributed by atoms with Crippen LogP contribution in [0.2, 0.25) is 0 Å². The first kappa shape index (κ1) is 12.9. The number of carbonyl (C=O) groups excluding carboxylic acids is 1. The Morgan fingerprint density at radius 2 is 2.11 bits per heavy atom. The van der Waals surface area contributed by atoms with Crippen LogP contribution in [0.3, 0.4) is 0 Å². The number of aryl methyl sites for hydroxylation is 1. The molecule has 1 aromatic carbocycles. The summed E-state index contributed by atoms with van der Waals surface area (Å²) in [6.07, 6.45) is -2.22. The number of alkyl halides is 3. The van der Waals surface area contributed by atoms with Crippen LogP contribution >= 0.6 is 0 Å². The maximum absolute atomic E-state index is 12.1. The zero-order valence-corrected chi connectivity index (χ0v) is 9.55. The maximum Gasteiger partial charge on any atom is 0.471 e. The van der Waals surface area contributed by atoms with Gasteiger partial charge in [-0.2, -0.15) is 13.2 Å². The van der Waals surface area contributed by atoms with Crippen LogP contribution in [0.1, 0.15) is 30.0 Å². The van der Waals surface area contributed by atoms with Crippen LogP contribution in [0.5, 0.6) is 0 Å². The number of hydrogen-bond acceptors (Lipinski definition) is 2. The third-order valence-corrected chi connectivity index (χ3v) is 3.02. The van der Waals surface area contributed by atoms with Crippen LogP contribution in [0.15, 0.2) is 18.2 Å². The van der Waals surface area contributed by atoms with Crippen molar-refractivity contribution in [2.45, 2.75) is 31.5 Å². The normalized spacial score (nSPS) is 19.2. The fourth-order valence-electron chi connectivity index (χ4n) is 2.12. The predicted octanol–water partition coefficient (Wildman–Crippen LogP) is 2.52. The van der Waals surface area contributed by atoms with Gasteiger partial charge in [0.2, 0.25) is 0 Å². The molecule has 1 amide bonds. The number of carbonyl (C=O) groups is 1. The Labute approximate surface area is 102 Å². The Morgan fingerprint density at radius 1 is 1.39 bits per heavy atom. The number of anilines is 1. The van der Waals surface area contributed by atoms with E-state index in [0.29, 0.717) is 0 Å². The smallest absolute Gasteiger partial charge is 0.324 e. The standard InChI is InChI=1S/C12H13F3N2O/c13-12(14,15)11(18)17-8-5-4-7-2-1-3-10(16)9(7)6-8/h4-6,10H,1-3,16H2,(H,17,18). The molecule has 18 heavy (non-hydrogen) atoms. The minimum absolute atomic E-state index is 0.133. The SMILES string of the molecule is NC1CCCc2ccc(NC(=O)C(F)(F)F)cc21. The van der Waals surface area contributed by atoms with Crippen molar-refractivity contribution in [3.63, 3.8) is 0 Å². The van der Waals surface area contributed by atoms with E-state index in [1.807, 2.05) is 5.32 Å². The van der Waals surface area contributed by atoms with Gasteiger partial charge < -0.3 is 11.1 Å². The molecule has 98 valence electrons. The summed E-state index contributed by atoms with van der Waals surface area (Å²) in [5.74, 6) is -1.97. The number of amides is 1. The molecule has 1 aliphatic rings. The number of nitrogens with one attached hydrogen (secondary N) is 1. The average Bonchev–Trinajstić information content (AvgIpc) is 2.29. The molecule has 0 heterocycles. The van der Waals surface area contributed by atoms with Crippen molar-refractivity contribution in [1.29, 1.82) is 0 Å². The van der Waals surface area contributed by atoms with Crippen molar-refractivity contribution < 1.29 is 18.0 Å². The second kappa shape index (κ2) is 4.61. The molecule has 0 bridgehead atoms. The van der Waals surface area contributed by atoms with E-state index in [1.54, 1.807) is 6.07 Å². The van der Waals surface area contributed by atoms with Crippen LogP contribution in [0.4, 0.5) is 18.9 Å². The summed E-state index contributed by atoms with van der Waals surface area (Å²) in [7, 11) is 0. The Balaban J connectivity index is 2.21. The van der Waals surface area contributed by atoms with Crippen molar-refractivity contribution in [1.82, 2.24) is 0 Å². The Bertz CT molecular complexity index is 471. The first-order chi connectivity index (χ1) is 8.38. The summed E-state index contributed by atoms with van der Waals surface area (Å²) in [5.41, 5.74) is 7.89. The monoisotopic (exact) mass is 258 g/mol. The number of benzene rings is 1. The van der Waals surface area contributed by atoms with Crippen molar-refractivity contribution in [3.8, 4) is 0 Å². The van der Waals surface area contributed by atoms with Crippen molar-refractivity contribution in [2.75, 3.05) is 5.32 Å². The molecule has 3 nitrogen and oxygen atoms in total. The van der Waals surface area contributed by atoms with E-state index in [4.69, 9.17) is 5.73 Å². The van der Waals surface area contributed by atoms with Gasteiger partial charge in [0.1, 0.15) is 0 Å². The van der Waals surface area contributed by atoms with Crippen LogP contribution in [-0.2, 0) is 11.2 Å². The van der Waals surface area contributed by atoms with Crippen molar-refractivity contribution >= 4 is 11.6 Å². The maximum atomic E-state index is 12.1. The van der Waals surface area contributed by atoms with E-state index in [1.165, 1.54) is 12.1 Å². The van der Waals surface area contributed by atoms with Crippen LogP contribution in [-0.4, -0.2) is 12.1 Å². The van der Waals surface area contributed by atoms with Gasteiger partial charge in [-0.15, -0.1) is 0 Å². The van der Waals surface area contributed by atoms with Gasteiger partial charge in [0, 0.05) is 11.7 Å². The molecule has 0 aliphatic heterocycles. The lowest BCUT2D eigenvalue weighted by molar-refractivity contribution is -0.167. The zero-order chi connectivity index (χ0) is 13.3. The lowest BCUT2D eigenvalue weighted by atomic mass is 9.88. The number of halogens is 3. The largest absolute Gasteiger partial charge is 0.471 e. The summed E-state index contributed by atoms with van der Waals surface area (Å²) in [4.78, 5) is 10.8. The first-order valence-electron chi connectivity index (χ1n) is 5.64. The van der Waals surface area contributed by atoms with Crippen molar-refractivity contribution in [2.24, 2.45) is 5.73 Å². The van der Waals surface area contributed by atoms with Gasteiger partial charge in [0.25, 0.3) is 0 Å². The molecule has 0 aromatic heterocycles. The van der Waals surface area contributed by atoms with Gasteiger partial charge in [-0.1, -0.05) is 6.07 Å². The van der Waals surface area contributed by atoms with E-state index in [2.05, 4.69) is 0 Å². The van der Waals surface area contributed by atoms with Gasteiger partial charge in [-0.3, -0.25) is 4.79 Å². The highest BCUT2D eigenvalue weighted by Crippen LogP contribution is 2.30. The molecule has 2 rings (SSSR count). The average molecular weight is 258 g/mol. The van der Waals surface area contributed by atoms with Gasteiger partial charge in [0.15, 0.2) is 0 Å². The van der Waals surface area contributed by atoms with E-state index < -0.39 is 12.1 Å². The van der Waals surface area contributed by atoms with Crippen molar-refractivity contribution in [3.05, 3.63) is 29.3 Å². The topological polar surface area (TPSA) is 55.1 Å². The first-order valence-corrected chi connectivity index (χ1v) is 5.64. The molecule has 0 spiro atoms. The van der Waals surface area contributed by atoms with E-state index in [-0.39, 0.29) is 11.7 Å². The quantitative estimate of drug-likeness (QED) is 0.813. The van der Waals surface area contributed by atoms with Crippen LogP contribution < -0.4 is 11.1 Å². The lowest BCUT2D eigenvalue weighted by Crippen LogP contribution is -2.30. The minimum atomic E-state index is -4.88. The predicted molar refractivity (Wildman–Crippen MR) is 61.0 cm³/mol. The summed E-state index contributed by atoms with van der Waals surface area (Å²) in [5, 5.41) is 1.83. The highest BCUT2D eigenvalue weighted by molar-refractivity contribution is 5.95. The third-order valence-electron chi connectivity index (χ3n) is 3.02. The molecule has 1 aliphatic carbocycles. The molecule has 0 saturated carbocycles. The second-order valence-electron chi connectivity index (χ2n) is 4.36. The highest BCUT2D eigenvalue weighted by atomic mass is 19.4. The van der Waals surface area contributed by atoms with Gasteiger partial charge >= 0.3 is 12.1 Å². The number of nitrogens with two attached hydrogens (primary N) is 1. The molecule has 6 heteroatoms. The number of hydrogen-bond donors (Lipinski definition) is 2. The summed E-state index contributed by atoms with van der Waals surface area (Å²) in [6, 6.07) is 4.56. The number of fused-ring (bicyclic) bond motifs is 1. The molecule has 0 radical (unpaired) electrons. The van der Waals surface area contributed by atoms with E-state index in [9.17, 15) is 18.0 Å². The Kier molecular flexibility index (Phi) is 3.30.